The van der Waals surface area contributed by atoms with Crippen LogP contribution in [-0.4, -0.2) is 39.5 Å². The average Bonchev–Trinajstić information content (AvgIpc) is 3.08. The number of carbonyl (C=O) groups excluding carboxylic acids is 1. The van der Waals surface area contributed by atoms with E-state index < -0.39 is 11.4 Å². The summed E-state index contributed by atoms with van der Waals surface area (Å²) in [6, 6.07) is 13.9. The van der Waals surface area contributed by atoms with Gasteiger partial charge in [-0.2, -0.15) is 0 Å². The van der Waals surface area contributed by atoms with Crippen LogP contribution in [0.1, 0.15) is 18.4 Å². The number of aliphatic carboxylic acids is 1. The first-order chi connectivity index (χ1) is 12.0. The van der Waals surface area contributed by atoms with Gasteiger partial charge in [-0.25, -0.2) is 0 Å². The highest BCUT2D eigenvalue weighted by Gasteiger charge is 2.47. The molecule has 3 rings (SSSR count). The molecule has 2 aromatic rings. The number of nitrogens with zero attached hydrogens (tertiary/aromatic N) is 2. The smallest absolute Gasteiger partial charge is 0.316 e. The number of carboxylic acid groups (broad SMARTS) is 1. The molecule has 1 atom stereocenters. The highest BCUT2D eigenvalue weighted by atomic mass is 16.4. The largest absolute Gasteiger partial charge is 0.481 e. The lowest BCUT2D eigenvalue weighted by atomic mass is 9.80. The number of rotatable bonds is 5. The number of amides is 1. The molecule has 25 heavy (non-hydrogen) atoms. The molecule has 1 amide bonds. The Labute approximate surface area is 145 Å². The van der Waals surface area contributed by atoms with Gasteiger partial charge in [-0.05, 0) is 18.1 Å². The van der Waals surface area contributed by atoms with Gasteiger partial charge in [0.05, 0.1) is 0 Å². The van der Waals surface area contributed by atoms with Crippen LogP contribution >= 0.6 is 0 Å². The van der Waals surface area contributed by atoms with Gasteiger partial charge < -0.3 is 14.6 Å². The van der Waals surface area contributed by atoms with Gasteiger partial charge in [-0.15, -0.1) is 0 Å². The number of hydrogen-bond donors (Lipinski definition) is 1. The number of likely N-dealkylation sites (tertiary alicyclic amines) is 1. The Hall–Kier alpha value is -2.89. The molecule has 0 saturated carbocycles. The summed E-state index contributed by atoms with van der Waals surface area (Å²) in [4.78, 5) is 37.7. The van der Waals surface area contributed by atoms with Gasteiger partial charge >= 0.3 is 5.97 Å². The van der Waals surface area contributed by atoms with Crippen molar-refractivity contribution in [1.29, 1.82) is 0 Å². The quantitative estimate of drug-likeness (QED) is 0.894. The number of aromatic nitrogens is 1. The highest BCUT2D eigenvalue weighted by molar-refractivity contribution is 5.85. The average molecular weight is 340 g/mol. The second-order valence-electron chi connectivity index (χ2n) is 6.30. The van der Waals surface area contributed by atoms with Gasteiger partial charge in [0, 0.05) is 38.3 Å². The van der Waals surface area contributed by atoms with Crippen LogP contribution in [-0.2, 0) is 21.5 Å². The molecule has 1 unspecified atom stereocenters. The van der Waals surface area contributed by atoms with Crippen LogP contribution in [0.2, 0.25) is 0 Å². The van der Waals surface area contributed by atoms with Crippen LogP contribution < -0.4 is 5.56 Å². The van der Waals surface area contributed by atoms with E-state index >= 15 is 0 Å². The molecule has 0 spiro atoms. The molecule has 1 aliphatic rings. The second kappa shape index (κ2) is 6.93. The fraction of sp³-hybridized carbons (Fsp3) is 0.316. The van der Waals surface area contributed by atoms with Crippen LogP contribution in [0.3, 0.4) is 0 Å². The van der Waals surface area contributed by atoms with Gasteiger partial charge in [-0.3, -0.25) is 14.4 Å². The highest BCUT2D eigenvalue weighted by Crippen LogP contribution is 2.35. The topological polar surface area (TPSA) is 79.6 Å². The summed E-state index contributed by atoms with van der Waals surface area (Å²) in [6.07, 6.45) is 2.21. The van der Waals surface area contributed by atoms with Crippen molar-refractivity contribution in [3.05, 3.63) is 70.6 Å². The van der Waals surface area contributed by atoms with E-state index in [1.807, 2.05) is 18.2 Å². The molecule has 0 bridgehead atoms. The molecular formula is C19H20N2O4. The van der Waals surface area contributed by atoms with E-state index in [0.717, 1.165) is 5.56 Å². The lowest BCUT2D eigenvalue weighted by molar-refractivity contribution is -0.143. The Kier molecular flexibility index (Phi) is 4.70. The minimum Gasteiger partial charge on any atom is -0.481 e. The molecule has 1 aromatic heterocycles. The van der Waals surface area contributed by atoms with Crippen molar-refractivity contribution in [2.45, 2.75) is 24.8 Å². The van der Waals surface area contributed by atoms with Crippen molar-refractivity contribution in [2.75, 3.05) is 13.1 Å². The normalized spacial score (nSPS) is 19.8. The molecule has 2 heterocycles. The summed E-state index contributed by atoms with van der Waals surface area (Å²) >= 11 is 0. The van der Waals surface area contributed by atoms with Gasteiger partial charge in [-0.1, -0.05) is 36.4 Å². The van der Waals surface area contributed by atoms with Crippen molar-refractivity contribution in [1.82, 2.24) is 9.47 Å². The van der Waals surface area contributed by atoms with E-state index in [1.54, 1.807) is 35.4 Å². The van der Waals surface area contributed by atoms with Crippen LogP contribution in [0.4, 0.5) is 0 Å². The van der Waals surface area contributed by atoms with Crippen molar-refractivity contribution < 1.29 is 14.7 Å². The first-order valence-electron chi connectivity index (χ1n) is 8.25. The van der Waals surface area contributed by atoms with E-state index in [2.05, 4.69) is 0 Å². The maximum Gasteiger partial charge on any atom is 0.316 e. The molecular weight excluding hydrogens is 320 g/mol. The number of benzene rings is 1. The van der Waals surface area contributed by atoms with Gasteiger partial charge in [0.25, 0.3) is 5.56 Å². The maximum atomic E-state index is 12.5. The molecule has 6 nitrogen and oxygen atoms in total. The third kappa shape index (κ3) is 3.33. The Morgan fingerprint density at radius 2 is 1.80 bits per heavy atom. The molecule has 0 aliphatic carbocycles. The third-order valence-electron chi connectivity index (χ3n) is 4.82. The van der Waals surface area contributed by atoms with E-state index in [1.165, 1.54) is 10.6 Å². The summed E-state index contributed by atoms with van der Waals surface area (Å²) < 4.78 is 1.48. The second-order valence-corrected chi connectivity index (χ2v) is 6.30. The lowest BCUT2D eigenvalue weighted by Crippen LogP contribution is -2.40. The van der Waals surface area contributed by atoms with Gasteiger partial charge in [0.1, 0.15) is 5.41 Å². The number of pyridine rings is 1. The SMILES string of the molecule is O=C(CCn1ccccc1=O)N1CCC(C(=O)O)(c2ccccc2)C1. The first kappa shape index (κ1) is 17.0. The molecule has 6 heteroatoms. The van der Waals surface area contributed by atoms with E-state index in [4.69, 9.17) is 0 Å². The Balaban J connectivity index is 1.71. The Morgan fingerprint density at radius 1 is 1.08 bits per heavy atom. The number of hydrogen-bond acceptors (Lipinski definition) is 3. The minimum absolute atomic E-state index is 0.130. The molecule has 0 radical (unpaired) electrons. The van der Waals surface area contributed by atoms with Crippen molar-refractivity contribution in [3.8, 4) is 0 Å². The predicted octanol–water partition coefficient (Wildman–Crippen LogP) is 1.49. The Morgan fingerprint density at radius 3 is 2.48 bits per heavy atom. The molecule has 1 aliphatic heterocycles. The van der Waals surface area contributed by atoms with Crippen molar-refractivity contribution >= 4 is 11.9 Å². The summed E-state index contributed by atoms with van der Waals surface area (Å²) in [5.74, 6) is -1.04. The van der Waals surface area contributed by atoms with Crippen molar-refractivity contribution in [3.63, 3.8) is 0 Å². The van der Waals surface area contributed by atoms with E-state index in [0.29, 0.717) is 19.5 Å². The molecule has 1 N–H and O–H groups in total. The standard InChI is InChI=1S/C19H20N2O4/c22-16-8-4-5-11-20(16)12-9-17(23)21-13-10-19(14-21,18(24)25)15-6-2-1-3-7-15/h1-8,11H,9-10,12-14H2,(H,24,25). The number of aryl methyl sites for hydroxylation is 1. The van der Waals surface area contributed by atoms with Crippen LogP contribution in [0.15, 0.2) is 59.5 Å². The Bertz CT molecular complexity index is 831. The minimum atomic E-state index is -1.06. The molecule has 1 aromatic carbocycles. The maximum absolute atomic E-state index is 12.5. The summed E-state index contributed by atoms with van der Waals surface area (Å²) in [5.41, 5.74) is -0.487. The van der Waals surface area contributed by atoms with Crippen LogP contribution in [0, 0.1) is 0 Å². The number of carboxylic acids is 1. The monoisotopic (exact) mass is 340 g/mol. The predicted molar refractivity (Wildman–Crippen MR) is 92.3 cm³/mol. The third-order valence-corrected chi connectivity index (χ3v) is 4.82. The van der Waals surface area contributed by atoms with Crippen LogP contribution in [0.5, 0.6) is 0 Å². The van der Waals surface area contributed by atoms with E-state index in [-0.39, 0.29) is 24.4 Å². The fourth-order valence-corrected chi connectivity index (χ4v) is 3.33. The van der Waals surface area contributed by atoms with Gasteiger partial charge in [0.15, 0.2) is 0 Å². The summed E-state index contributed by atoms with van der Waals surface area (Å²) in [6.45, 7) is 0.860. The summed E-state index contributed by atoms with van der Waals surface area (Å²) in [5, 5.41) is 9.78. The zero-order valence-corrected chi connectivity index (χ0v) is 13.8. The van der Waals surface area contributed by atoms with Gasteiger partial charge in [0.2, 0.25) is 5.91 Å². The van der Waals surface area contributed by atoms with Crippen molar-refractivity contribution in [2.24, 2.45) is 0 Å². The molecule has 1 saturated heterocycles. The fourth-order valence-electron chi connectivity index (χ4n) is 3.33. The first-order valence-corrected chi connectivity index (χ1v) is 8.25. The molecule has 130 valence electrons. The zero-order valence-electron chi connectivity index (χ0n) is 13.8. The van der Waals surface area contributed by atoms with Crippen LogP contribution in [0.25, 0.3) is 0 Å². The number of carbonyl (C=O) groups is 2. The van der Waals surface area contributed by atoms with E-state index in [9.17, 15) is 19.5 Å². The lowest BCUT2D eigenvalue weighted by Gasteiger charge is -2.25. The summed E-state index contributed by atoms with van der Waals surface area (Å²) in [7, 11) is 0. The zero-order chi connectivity index (χ0) is 17.9. The molecule has 1 fully saturated rings.